The van der Waals surface area contributed by atoms with Gasteiger partial charge in [0.1, 0.15) is 24.9 Å². The molecule has 0 radical (unpaired) electrons. The molecule has 54 heavy (non-hydrogen) atoms. The highest BCUT2D eigenvalue weighted by atomic mass is 16.7. The van der Waals surface area contributed by atoms with Crippen molar-refractivity contribution in [1.82, 2.24) is 0 Å². The molecular formula is C43H68O11. The maximum Gasteiger partial charge on any atom is 0.335 e. The molecule has 0 aromatic rings. The smallest absolute Gasteiger partial charge is 0.335 e. The first kappa shape index (κ1) is 48.7. The summed E-state index contributed by atoms with van der Waals surface area (Å²) in [6.45, 7) is 3.55. The minimum atomic E-state index is -1.88. The molecule has 0 bridgehead atoms. The molecule has 1 aliphatic rings. The van der Waals surface area contributed by atoms with Crippen molar-refractivity contribution in [2.45, 2.75) is 166 Å². The van der Waals surface area contributed by atoms with Crippen molar-refractivity contribution in [3.8, 4) is 0 Å². The van der Waals surface area contributed by atoms with Gasteiger partial charge in [-0.3, -0.25) is 9.59 Å². The summed E-state index contributed by atoms with van der Waals surface area (Å²) in [5.41, 5.74) is 0. The first-order valence-corrected chi connectivity index (χ1v) is 20.0. The molecule has 0 spiro atoms. The lowest BCUT2D eigenvalue weighted by Gasteiger charge is -2.38. The van der Waals surface area contributed by atoms with E-state index in [2.05, 4.69) is 62.5 Å². The van der Waals surface area contributed by atoms with E-state index >= 15 is 0 Å². The van der Waals surface area contributed by atoms with Gasteiger partial charge in [-0.25, -0.2) is 4.79 Å². The van der Waals surface area contributed by atoms with Gasteiger partial charge < -0.3 is 39.4 Å². The van der Waals surface area contributed by atoms with Crippen LogP contribution in [0.25, 0.3) is 0 Å². The van der Waals surface area contributed by atoms with Crippen LogP contribution in [0.4, 0.5) is 0 Å². The highest BCUT2D eigenvalue weighted by Gasteiger charge is 2.47. The number of allylic oxidation sites excluding steroid dienone is 11. The number of carboxylic acid groups (broad SMARTS) is 1. The van der Waals surface area contributed by atoms with E-state index in [1.807, 2.05) is 18.2 Å². The quantitative estimate of drug-likeness (QED) is 0.0310. The summed E-state index contributed by atoms with van der Waals surface area (Å²) in [5.74, 6) is -2.63. The van der Waals surface area contributed by atoms with Crippen LogP contribution in [0.5, 0.6) is 0 Å². The summed E-state index contributed by atoms with van der Waals surface area (Å²) in [7, 11) is 0. The van der Waals surface area contributed by atoms with Gasteiger partial charge in [-0.05, 0) is 64.2 Å². The van der Waals surface area contributed by atoms with Gasteiger partial charge in [-0.1, -0.05) is 125 Å². The number of hydrogen-bond acceptors (Lipinski definition) is 10. The molecule has 6 atom stereocenters. The number of carbonyl (C=O) groups excluding carboxylic acids is 2. The van der Waals surface area contributed by atoms with E-state index < -0.39 is 61.3 Å². The van der Waals surface area contributed by atoms with E-state index in [0.29, 0.717) is 12.8 Å². The third-order valence-corrected chi connectivity index (χ3v) is 8.57. The number of hydrogen-bond donors (Lipinski definition) is 4. The summed E-state index contributed by atoms with van der Waals surface area (Å²) in [6.07, 6.45) is 31.3. The van der Waals surface area contributed by atoms with Crippen LogP contribution in [-0.4, -0.2) is 88.4 Å². The number of rotatable bonds is 31. The Kier molecular flexibility index (Phi) is 29.8. The van der Waals surface area contributed by atoms with Crippen molar-refractivity contribution in [2.24, 2.45) is 0 Å². The fraction of sp³-hybridized carbons (Fsp3) is 0.651. The van der Waals surface area contributed by atoms with E-state index in [4.69, 9.17) is 18.9 Å². The second kappa shape index (κ2) is 33.0. The molecular weight excluding hydrogens is 692 g/mol. The van der Waals surface area contributed by atoms with E-state index in [1.54, 1.807) is 6.08 Å². The van der Waals surface area contributed by atoms with Crippen LogP contribution in [0.15, 0.2) is 72.9 Å². The van der Waals surface area contributed by atoms with Crippen LogP contribution in [0, 0.1) is 0 Å². The lowest BCUT2D eigenvalue weighted by Crippen LogP contribution is -2.60. The highest BCUT2D eigenvalue weighted by molar-refractivity contribution is 5.73. The number of carbonyl (C=O) groups is 3. The van der Waals surface area contributed by atoms with Gasteiger partial charge in [0.2, 0.25) is 0 Å². The van der Waals surface area contributed by atoms with Crippen LogP contribution in [0.1, 0.15) is 129 Å². The predicted octanol–water partition coefficient (Wildman–Crippen LogP) is 7.75. The molecule has 306 valence electrons. The highest BCUT2D eigenvalue weighted by Crippen LogP contribution is 2.23. The first-order valence-electron chi connectivity index (χ1n) is 20.0. The molecule has 1 saturated heterocycles. The van der Waals surface area contributed by atoms with Gasteiger partial charge in [-0.15, -0.1) is 0 Å². The average Bonchev–Trinajstić information content (AvgIpc) is 3.15. The van der Waals surface area contributed by atoms with Gasteiger partial charge in [0.25, 0.3) is 0 Å². The zero-order chi connectivity index (χ0) is 39.7. The second-order valence-electron chi connectivity index (χ2n) is 13.4. The number of aliphatic carboxylic acids is 1. The van der Waals surface area contributed by atoms with Crippen molar-refractivity contribution in [3.63, 3.8) is 0 Å². The Labute approximate surface area is 323 Å². The Bertz CT molecular complexity index is 1170. The molecule has 0 saturated carbocycles. The van der Waals surface area contributed by atoms with Gasteiger partial charge in [0, 0.05) is 6.42 Å². The fourth-order valence-electron chi connectivity index (χ4n) is 5.41. The van der Waals surface area contributed by atoms with Gasteiger partial charge >= 0.3 is 17.9 Å². The lowest BCUT2D eigenvalue weighted by atomic mass is 9.99. The summed E-state index contributed by atoms with van der Waals surface area (Å²) in [6, 6.07) is 0. The van der Waals surface area contributed by atoms with E-state index in [-0.39, 0.29) is 19.4 Å². The maximum absolute atomic E-state index is 12.7. The Morgan fingerprint density at radius 2 is 1.15 bits per heavy atom. The molecule has 0 amide bonds. The SMILES string of the molecule is CC/C=C\C/C=C\C/C=C\C/C=C\C/C=C\CC(=O)OCC(COC1OC(C(=O)O)C(O)C(O)C1O)OC(=O)CCCCCCC/C=C\CCCCCC. The monoisotopic (exact) mass is 760 g/mol. The second-order valence-corrected chi connectivity index (χ2v) is 13.4. The molecule has 0 aromatic carbocycles. The van der Waals surface area contributed by atoms with Crippen molar-refractivity contribution in [1.29, 1.82) is 0 Å². The maximum atomic E-state index is 12.7. The number of aliphatic hydroxyl groups excluding tert-OH is 3. The first-order chi connectivity index (χ1) is 26.2. The van der Waals surface area contributed by atoms with E-state index in [1.165, 1.54) is 25.7 Å². The molecule has 4 N–H and O–H groups in total. The van der Waals surface area contributed by atoms with Gasteiger partial charge in [0.15, 0.2) is 18.5 Å². The lowest BCUT2D eigenvalue weighted by molar-refractivity contribution is -0.298. The summed E-state index contributed by atoms with van der Waals surface area (Å²) >= 11 is 0. The zero-order valence-corrected chi connectivity index (χ0v) is 32.7. The molecule has 1 rings (SSSR count). The molecule has 11 nitrogen and oxygen atoms in total. The van der Waals surface area contributed by atoms with Crippen molar-refractivity contribution in [3.05, 3.63) is 72.9 Å². The minimum Gasteiger partial charge on any atom is -0.479 e. The number of aliphatic hydroxyl groups is 3. The average molecular weight is 761 g/mol. The van der Waals surface area contributed by atoms with Crippen LogP contribution in [0.2, 0.25) is 0 Å². The number of esters is 2. The van der Waals surface area contributed by atoms with E-state index in [0.717, 1.165) is 64.2 Å². The fourth-order valence-corrected chi connectivity index (χ4v) is 5.41. The largest absolute Gasteiger partial charge is 0.479 e. The van der Waals surface area contributed by atoms with Crippen LogP contribution in [0.3, 0.4) is 0 Å². The number of ether oxygens (including phenoxy) is 4. The number of carboxylic acids is 1. The summed E-state index contributed by atoms with van der Waals surface area (Å²) < 4.78 is 21.5. The number of unbranched alkanes of at least 4 members (excludes halogenated alkanes) is 9. The van der Waals surface area contributed by atoms with Crippen LogP contribution in [-0.2, 0) is 33.3 Å². The summed E-state index contributed by atoms with van der Waals surface area (Å²) in [4.78, 5) is 36.6. The van der Waals surface area contributed by atoms with Gasteiger partial charge in [0.05, 0.1) is 13.0 Å². The molecule has 1 aliphatic heterocycles. The normalized spacial score (nSPS) is 21.4. The van der Waals surface area contributed by atoms with Crippen molar-refractivity contribution in [2.75, 3.05) is 13.2 Å². The Hall–Kier alpha value is -3.35. The topological polar surface area (TPSA) is 169 Å². The van der Waals surface area contributed by atoms with Crippen LogP contribution >= 0.6 is 0 Å². The van der Waals surface area contributed by atoms with Crippen molar-refractivity contribution < 1.29 is 53.8 Å². The zero-order valence-electron chi connectivity index (χ0n) is 32.7. The minimum absolute atomic E-state index is 0.00137. The Morgan fingerprint density at radius 1 is 0.611 bits per heavy atom. The molecule has 6 unspecified atom stereocenters. The standard InChI is InChI=1S/C43H68O11/c1-3-5-7-9-11-13-15-17-18-20-21-23-25-27-29-31-36(44)51-33-35(34-52-43-40(48)38(46)39(47)41(54-43)42(49)50)53-37(45)32-30-28-26-24-22-19-16-14-12-10-8-6-4-2/h5,7,11,13-14,16-18,21,23,27,29,35,38-41,43,46-48H,3-4,6,8-10,12,15,19-20,22,24-26,28,30-34H2,1-2H3,(H,49,50)/b7-5-,13-11-,16-14-,18-17-,23-21-,29-27-. The molecule has 0 aromatic heterocycles. The Morgan fingerprint density at radius 3 is 1.72 bits per heavy atom. The Balaban J connectivity index is 2.51. The third kappa shape index (κ3) is 24.9. The summed E-state index contributed by atoms with van der Waals surface area (Å²) in [5, 5.41) is 39.7. The molecule has 1 heterocycles. The van der Waals surface area contributed by atoms with Gasteiger partial charge in [-0.2, -0.15) is 0 Å². The molecule has 11 heteroatoms. The van der Waals surface area contributed by atoms with Crippen LogP contribution < -0.4 is 0 Å². The molecule has 1 fully saturated rings. The van der Waals surface area contributed by atoms with E-state index in [9.17, 15) is 34.8 Å². The predicted molar refractivity (Wildman–Crippen MR) is 210 cm³/mol. The van der Waals surface area contributed by atoms with Crippen molar-refractivity contribution >= 4 is 17.9 Å². The third-order valence-electron chi connectivity index (χ3n) is 8.57. The molecule has 0 aliphatic carbocycles.